The Labute approximate surface area is 227 Å². The number of benzene rings is 2. The van der Waals surface area contributed by atoms with Crippen LogP contribution in [0.4, 0.5) is 0 Å². The van der Waals surface area contributed by atoms with Gasteiger partial charge in [0.1, 0.15) is 11.5 Å². The third kappa shape index (κ3) is 10.8. The molecule has 13 nitrogen and oxygen atoms in total. The normalized spacial score (nSPS) is 15.7. The maximum atomic E-state index is 11.8. The predicted octanol–water partition coefficient (Wildman–Crippen LogP) is 3.57. The average Bonchev–Trinajstić information content (AvgIpc) is 2.94. The summed E-state index contributed by atoms with van der Waals surface area (Å²) < 4.78 is 49.0. The van der Waals surface area contributed by atoms with E-state index >= 15 is 0 Å². The van der Waals surface area contributed by atoms with Gasteiger partial charge >= 0.3 is 0 Å². The first kappa shape index (κ1) is 32.6. The third-order valence-corrected chi connectivity index (χ3v) is 9.07. The van der Waals surface area contributed by atoms with Gasteiger partial charge in [0.05, 0.1) is 31.9 Å². The minimum absolute atomic E-state index is 0.161. The summed E-state index contributed by atoms with van der Waals surface area (Å²) in [5, 5.41) is 32.2. The minimum Gasteiger partial charge on any atom is -0.497 e. The maximum Gasteiger partial charge on any atom is 0.237 e. The lowest BCUT2D eigenvalue weighted by Gasteiger charge is -2.33. The van der Waals surface area contributed by atoms with E-state index in [1.165, 1.54) is 12.0 Å². The second-order valence-corrected chi connectivity index (χ2v) is 12.7. The van der Waals surface area contributed by atoms with Crippen LogP contribution in [0.2, 0.25) is 0 Å². The van der Waals surface area contributed by atoms with Crippen LogP contribution in [-0.4, -0.2) is 77.7 Å². The van der Waals surface area contributed by atoms with Gasteiger partial charge in [-0.25, -0.2) is 15.3 Å². The highest BCUT2D eigenvalue weighted by Crippen LogP contribution is 2.33. The molecular weight excluding hydrogens is 579 g/mol. The van der Waals surface area contributed by atoms with E-state index in [0.717, 1.165) is 16.9 Å². The van der Waals surface area contributed by atoms with E-state index in [-0.39, 0.29) is 19.0 Å². The highest BCUT2D eigenvalue weighted by Gasteiger charge is 2.29. The Kier molecular flexibility index (Phi) is 14.7. The van der Waals surface area contributed by atoms with Crippen molar-refractivity contribution in [1.82, 2.24) is 9.68 Å². The largest absolute Gasteiger partial charge is 0.497 e. The smallest absolute Gasteiger partial charge is 0.237 e. The van der Waals surface area contributed by atoms with Crippen LogP contribution < -0.4 is 9.26 Å². The molecule has 2 rings (SSSR count). The molecule has 0 saturated carbocycles. The molecular formula is C21H32N3O10P3S. The highest BCUT2D eigenvalue weighted by molar-refractivity contribution is 8.02. The lowest BCUT2D eigenvalue weighted by molar-refractivity contribution is -0.140. The number of aliphatic hydroxyl groups excluding tert-OH is 1. The van der Waals surface area contributed by atoms with E-state index in [0.29, 0.717) is 5.75 Å². The van der Waals surface area contributed by atoms with Crippen molar-refractivity contribution in [3.05, 3.63) is 59.7 Å². The molecule has 0 spiro atoms. The number of hydrogen-bond acceptors (Lipinski definition) is 13. The first-order valence-electron chi connectivity index (χ1n) is 11.1. The molecule has 0 heterocycles. The molecule has 0 aliphatic carbocycles. The summed E-state index contributed by atoms with van der Waals surface area (Å²) >= 11 is 5.48. The maximum absolute atomic E-state index is 11.8. The first-order chi connectivity index (χ1) is 18.2. The van der Waals surface area contributed by atoms with Gasteiger partial charge in [-0.2, -0.15) is 14.5 Å². The monoisotopic (exact) mass is 611 g/mol. The van der Waals surface area contributed by atoms with Crippen LogP contribution in [0.15, 0.2) is 53.6 Å². The molecule has 0 radical (unpaired) electrons. The summed E-state index contributed by atoms with van der Waals surface area (Å²) in [6, 6.07) is 13.4. The van der Waals surface area contributed by atoms with Gasteiger partial charge in [-0.15, -0.1) is 0 Å². The number of methoxy groups -OCH3 is 2. The van der Waals surface area contributed by atoms with E-state index in [1.54, 1.807) is 49.4 Å². The zero-order valence-corrected chi connectivity index (χ0v) is 24.7. The van der Waals surface area contributed by atoms with Crippen LogP contribution >= 0.6 is 23.1 Å². The summed E-state index contributed by atoms with van der Waals surface area (Å²) in [5.74, 6) is 1.26. The SMILES string of the molecule is COc1ccc(/C=N/N(C)[PH](=S)Oc2ccc(CC(C(O)OC)N(C[PH](=O)OO)C[PH](=O)OO)cc2)cc1. The molecule has 0 aliphatic heterocycles. The number of hydrogen-bond donors (Lipinski definition) is 3. The zero-order chi connectivity index (χ0) is 28.1. The van der Waals surface area contributed by atoms with Gasteiger partial charge < -0.3 is 19.1 Å². The predicted molar refractivity (Wildman–Crippen MR) is 149 cm³/mol. The van der Waals surface area contributed by atoms with E-state index in [9.17, 15) is 14.2 Å². The van der Waals surface area contributed by atoms with Gasteiger partial charge in [0.2, 0.25) is 23.1 Å². The average molecular weight is 611 g/mol. The fourth-order valence-electron chi connectivity index (χ4n) is 3.24. The highest BCUT2D eigenvalue weighted by atomic mass is 32.4. The van der Waals surface area contributed by atoms with Crippen LogP contribution in [0.1, 0.15) is 11.1 Å². The van der Waals surface area contributed by atoms with Crippen molar-refractivity contribution in [2.24, 2.45) is 5.10 Å². The molecule has 38 heavy (non-hydrogen) atoms. The van der Waals surface area contributed by atoms with Crippen molar-refractivity contribution in [3.8, 4) is 11.5 Å². The van der Waals surface area contributed by atoms with Gasteiger partial charge in [-0.1, -0.05) is 12.1 Å². The summed E-state index contributed by atoms with van der Waals surface area (Å²) in [5.41, 5.74) is 1.60. The standard InChI is InChI=1S/C21H32N3O10P3S/c1-23(22-13-17-6-8-18(30-2)9-7-17)37(38)32-19-10-4-16(5-11-19)12-20(21(25)31-3)24(14-35(28)33-26)15-36(29)34-27/h4-11,13,20-21,25-27,35-37H,12,14-15H2,1-3H3/b22-13+. The van der Waals surface area contributed by atoms with Gasteiger partial charge in [-0.05, 0) is 65.8 Å². The van der Waals surface area contributed by atoms with Gasteiger partial charge in [0.15, 0.2) is 6.29 Å². The van der Waals surface area contributed by atoms with Crippen molar-refractivity contribution in [2.75, 3.05) is 33.8 Å². The number of ether oxygens (including phenoxy) is 2. The first-order valence-corrected chi connectivity index (χ1v) is 16.6. The molecule has 0 bridgehead atoms. The Morgan fingerprint density at radius 3 is 2.03 bits per heavy atom. The van der Waals surface area contributed by atoms with E-state index in [2.05, 4.69) is 14.5 Å². The molecule has 0 fully saturated rings. The minimum atomic E-state index is -2.96. The fourth-order valence-corrected chi connectivity index (χ4v) is 5.99. The van der Waals surface area contributed by atoms with Crippen molar-refractivity contribution < 1.29 is 48.1 Å². The summed E-state index contributed by atoms with van der Waals surface area (Å²) in [7, 11) is -3.23. The van der Waals surface area contributed by atoms with Crippen molar-refractivity contribution in [3.63, 3.8) is 0 Å². The molecule has 2 aromatic rings. The molecule has 3 N–H and O–H groups in total. The molecule has 0 aromatic heterocycles. The molecule has 2 aromatic carbocycles. The second kappa shape index (κ2) is 17.1. The number of hydrazone groups is 1. The van der Waals surface area contributed by atoms with Crippen molar-refractivity contribution in [1.29, 1.82) is 0 Å². The topological polar surface area (TPSA) is 160 Å². The fraction of sp³-hybridized carbons (Fsp3) is 0.381. The Morgan fingerprint density at radius 2 is 1.53 bits per heavy atom. The molecule has 0 aliphatic rings. The van der Waals surface area contributed by atoms with E-state index in [4.69, 9.17) is 36.3 Å². The second-order valence-electron chi connectivity index (χ2n) is 7.78. The Hall–Kier alpha value is -1.66. The molecule has 17 heteroatoms. The van der Waals surface area contributed by atoms with Crippen LogP contribution in [-0.2, 0) is 41.4 Å². The van der Waals surface area contributed by atoms with Crippen LogP contribution in [0.25, 0.3) is 0 Å². The van der Waals surface area contributed by atoms with Crippen LogP contribution in [0.3, 0.4) is 0 Å². The van der Waals surface area contributed by atoms with Crippen LogP contribution in [0, 0.1) is 0 Å². The molecule has 212 valence electrons. The van der Waals surface area contributed by atoms with Gasteiger partial charge in [0.25, 0.3) is 0 Å². The third-order valence-electron chi connectivity index (χ3n) is 5.24. The zero-order valence-electron chi connectivity index (χ0n) is 20.9. The molecule has 5 atom stereocenters. The number of rotatable bonds is 17. The van der Waals surface area contributed by atoms with Gasteiger partial charge in [-0.3, -0.25) is 14.0 Å². The van der Waals surface area contributed by atoms with Crippen molar-refractivity contribution >= 4 is 41.2 Å². The summed E-state index contributed by atoms with van der Waals surface area (Å²) in [6.07, 6.45) is -0.277. The lowest BCUT2D eigenvalue weighted by atomic mass is 10.0. The lowest BCUT2D eigenvalue weighted by Crippen LogP contribution is -2.45. The van der Waals surface area contributed by atoms with Gasteiger partial charge in [0, 0.05) is 14.2 Å². The molecule has 0 saturated heterocycles. The van der Waals surface area contributed by atoms with Crippen LogP contribution in [0.5, 0.6) is 11.5 Å². The van der Waals surface area contributed by atoms with E-state index < -0.39 is 35.5 Å². The van der Waals surface area contributed by atoms with E-state index in [1.807, 2.05) is 24.3 Å². The number of aliphatic hydroxyl groups is 1. The molecule has 0 amide bonds. The summed E-state index contributed by atoms with van der Waals surface area (Å²) in [4.78, 5) is 1.30. The summed E-state index contributed by atoms with van der Waals surface area (Å²) in [6.45, 7) is 0. The Morgan fingerprint density at radius 1 is 0.974 bits per heavy atom. The Balaban J connectivity index is 2.07. The number of nitrogens with zero attached hydrogens (tertiary/aromatic N) is 3. The van der Waals surface area contributed by atoms with Crippen molar-refractivity contribution in [2.45, 2.75) is 18.8 Å². The quantitative estimate of drug-likeness (QED) is 0.0784. The Bertz CT molecular complexity index is 1080. The molecule has 5 unspecified atom stereocenters.